The number of benzene rings is 7. The van der Waals surface area contributed by atoms with Crippen molar-refractivity contribution in [1.29, 1.82) is 0 Å². The van der Waals surface area contributed by atoms with E-state index in [1.165, 1.54) is 0 Å². The van der Waals surface area contributed by atoms with E-state index in [9.17, 15) is 10.0 Å². The molecule has 54 heavy (non-hydrogen) atoms. The molecule has 0 amide bonds. The smallest absolute Gasteiger partial charge is 0.455 e. The van der Waals surface area contributed by atoms with Gasteiger partial charge in [0.1, 0.15) is 33.5 Å². The molecule has 7 aromatic carbocycles. The highest BCUT2D eigenvalue weighted by Gasteiger charge is 2.23. The van der Waals surface area contributed by atoms with Gasteiger partial charge < -0.3 is 23.3 Å². The standard InChI is InChI=1S/C45H26BN3O5/c50-46(51)27-23-25(28-13-7-14-32-29-10-1-4-19-37(29)52-40(28)32)22-26(24-27)43-47-44(35-17-8-15-33-30-11-2-5-20-38(30)53-41(33)35)49-45(48-43)36-18-9-16-34-31-12-3-6-21-39(31)54-42(34)36/h1-24,50-51H. The van der Waals surface area contributed by atoms with Crippen molar-refractivity contribution in [3.05, 3.63) is 146 Å². The van der Waals surface area contributed by atoms with E-state index in [1.807, 2.05) is 133 Å². The van der Waals surface area contributed by atoms with Gasteiger partial charge in [-0.15, -0.1) is 0 Å². The Morgan fingerprint density at radius 3 is 1.24 bits per heavy atom. The Balaban J connectivity index is 1.18. The van der Waals surface area contributed by atoms with Crippen LogP contribution in [-0.2, 0) is 0 Å². The van der Waals surface area contributed by atoms with Crippen molar-refractivity contribution < 1.29 is 23.3 Å². The van der Waals surface area contributed by atoms with Crippen LogP contribution in [0.4, 0.5) is 0 Å². The van der Waals surface area contributed by atoms with Crippen molar-refractivity contribution >= 4 is 78.4 Å². The van der Waals surface area contributed by atoms with Gasteiger partial charge in [-0.1, -0.05) is 109 Å². The average Bonchev–Trinajstić information content (AvgIpc) is 3.92. The van der Waals surface area contributed by atoms with Gasteiger partial charge in [0.05, 0.1) is 11.1 Å². The lowest BCUT2D eigenvalue weighted by atomic mass is 9.78. The molecule has 0 unspecified atom stereocenters. The van der Waals surface area contributed by atoms with Crippen LogP contribution in [0, 0.1) is 0 Å². The maximum Gasteiger partial charge on any atom is 0.488 e. The van der Waals surface area contributed by atoms with Crippen LogP contribution in [0.3, 0.4) is 0 Å². The van der Waals surface area contributed by atoms with Crippen LogP contribution in [-0.4, -0.2) is 32.1 Å². The lowest BCUT2D eigenvalue weighted by Gasteiger charge is -2.12. The molecule has 4 heterocycles. The Hall–Kier alpha value is -7.07. The molecule has 8 nitrogen and oxygen atoms in total. The van der Waals surface area contributed by atoms with Crippen LogP contribution in [0.5, 0.6) is 0 Å². The lowest BCUT2D eigenvalue weighted by Crippen LogP contribution is -2.30. The fourth-order valence-corrected chi connectivity index (χ4v) is 7.65. The highest BCUT2D eigenvalue weighted by atomic mass is 16.4. The predicted molar refractivity (Wildman–Crippen MR) is 213 cm³/mol. The minimum atomic E-state index is -1.76. The minimum absolute atomic E-state index is 0.276. The molecule has 2 N–H and O–H groups in total. The summed E-state index contributed by atoms with van der Waals surface area (Å²) in [6.07, 6.45) is 0. The molecule has 9 heteroatoms. The number of rotatable bonds is 5. The van der Waals surface area contributed by atoms with Gasteiger partial charge in [-0.2, -0.15) is 0 Å². The van der Waals surface area contributed by atoms with Crippen molar-refractivity contribution in [1.82, 2.24) is 15.0 Å². The Morgan fingerprint density at radius 2 is 0.759 bits per heavy atom. The van der Waals surface area contributed by atoms with E-state index in [4.69, 9.17) is 28.2 Å². The van der Waals surface area contributed by atoms with Gasteiger partial charge in [-0.05, 0) is 47.4 Å². The van der Waals surface area contributed by atoms with Crippen LogP contribution in [0.15, 0.2) is 159 Å². The van der Waals surface area contributed by atoms with Crippen LogP contribution in [0.1, 0.15) is 0 Å². The molecule has 254 valence electrons. The van der Waals surface area contributed by atoms with E-state index in [0.29, 0.717) is 56.5 Å². The second-order valence-corrected chi connectivity index (χ2v) is 13.4. The van der Waals surface area contributed by atoms with Gasteiger partial charge in [0.15, 0.2) is 17.5 Å². The zero-order valence-corrected chi connectivity index (χ0v) is 28.4. The third-order valence-corrected chi connectivity index (χ3v) is 10.2. The maximum atomic E-state index is 10.6. The summed E-state index contributed by atoms with van der Waals surface area (Å²) in [5, 5.41) is 27.0. The molecule has 0 atom stereocenters. The molecule has 0 saturated heterocycles. The molecule has 0 spiro atoms. The third-order valence-electron chi connectivity index (χ3n) is 10.2. The van der Waals surface area contributed by atoms with E-state index >= 15 is 0 Å². The number of hydrogen-bond acceptors (Lipinski definition) is 8. The number of hydrogen-bond donors (Lipinski definition) is 2. The second kappa shape index (κ2) is 11.7. The fourth-order valence-electron chi connectivity index (χ4n) is 7.65. The summed E-state index contributed by atoms with van der Waals surface area (Å²) in [5.74, 6) is 1.11. The highest BCUT2D eigenvalue weighted by Crippen LogP contribution is 2.40. The fraction of sp³-hybridized carbons (Fsp3) is 0. The molecule has 0 aliphatic carbocycles. The zero-order chi connectivity index (χ0) is 35.9. The zero-order valence-electron chi connectivity index (χ0n) is 28.4. The van der Waals surface area contributed by atoms with Gasteiger partial charge in [-0.3, -0.25) is 0 Å². The summed E-state index contributed by atoms with van der Waals surface area (Å²) in [6, 6.07) is 47.0. The molecular formula is C45H26BN3O5. The van der Waals surface area contributed by atoms with Gasteiger partial charge >= 0.3 is 7.12 Å². The van der Waals surface area contributed by atoms with Crippen molar-refractivity contribution in [2.24, 2.45) is 0 Å². The van der Waals surface area contributed by atoms with Gasteiger partial charge in [-0.25, -0.2) is 15.0 Å². The van der Waals surface area contributed by atoms with Crippen LogP contribution in [0.25, 0.3) is 111 Å². The molecule has 0 aliphatic heterocycles. The Bertz CT molecular complexity index is 3160. The number of aromatic nitrogens is 3. The highest BCUT2D eigenvalue weighted by molar-refractivity contribution is 6.58. The van der Waals surface area contributed by atoms with Crippen LogP contribution in [0.2, 0.25) is 0 Å². The number of furan rings is 3. The first-order chi connectivity index (χ1) is 26.6. The van der Waals surface area contributed by atoms with Gasteiger partial charge in [0, 0.05) is 43.4 Å². The van der Waals surface area contributed by atoms with E-state index in [2.05, 4.69) is 0 Å². The van der Waals surface area contributed by atoms with E-state index in [0.717, 1.165) is 54.6 Å². The summed E-state index contributed by atoms with van der Waals surface area (Å²) in [6.45, 7) is 0. The monoisotopic (exact) mass is 699 g/mol. The normalized spacial score (nSPS) is 11.9. The first-order valence-corrected chi connectivity index (χ1v) is 17.6. The number of fused-ring (bicyclic) bond motifs is 9. The topological polar surface area (TPSA) is 119 Å². The largest absolute Gasteiger partial charge is 0.488 e. The molecule has 0 saturated carbocycles. The minimum Gasteiger partial charge on any atom is -0.455 e. The Morgan fingerprint density at radius 1 is 0.370 bits per heavy atom. The van der Waals surface area contributed by atoms with Gasteiger partial charge in [0.2, 0.25) is 0 Å². The molecule has 11 rings (SSSR count). The quantitative estimate of drug-likeness (QED) is 0.171. The molecule has 0 fully saturated rings. The number of para-hydroxylation sites is 6. The molecule has 0 aliphatic rings. The average molecular weight is 700 g/mol. The molecular weight excluding hydrogens is 673 g/mol. The summed E-state index contributed by atoms with van der Waals surface area (Å²) in [4.78, 5) is 15.2. The van der Waals surface area contributed by atoms with Crippen molar-refractivity contribution in [3.63, 3.8) is 0 Å². The molecule has 0 radical (unpaired) electrons. The SMILES string of the molecule is OB(O)c1cc(-c2nc(-c3cccc4c3oc3ccccc34)nc(-c3cccc4c3oc3ccccc34)n2)cc(-c2cccc3c2oc2ccccc23)c1. The third kappa shape index (κ3) is 4.69. The summed E-state index contributed by atoms with van der Waals surface area (Å²) in [5.41, 5.74) is 8.01. The van der Waals surface area contributed by atoms with Crippen molar-refractivity contribution in [3.8, 4) is 45.3 Å². The van der Waals surface area contributed by atoms with E-state index < -0.39 is 7.12 Å². The van der Waals surface area contributed by atoms with E-state index in [1.54, 1.807) is 12.1 Å². The Kier molecular flexibility index (Phi) is 6.63. The second-order valence-electron chi connectivity index (χ2n) is 13.4. The Labute approximate surface area is 306 Å². The maximum absolute atomic E-state index is 10.6. The van der Waals surface area contributed by atoms with Crippen molar-refractivity contribution in [2.45, 2.75) is 0 Å². The summed E-state index contributed by atoms with van der Waals surface area (Å²) in [7, 11) is -1.76. The summed E-state index contributed by atoms with van der Waals surface area (Å²) < 4.78 is 19.3. The molecule has 0 bridgehead atoms. The predicted octanol–water partition coefficient (Wildman–Crippen LogP) is 9.92. The van der Waals surface area contributed by atoms with Crippen LogP contribution < -0.4 is 5.46 Å². The van der Waals surface area contributed by atoms with E-state index in [-0.39, 0.29) is 5.46 Å². The molecule has 11 aromatic rings. The number of nitrogens with zero attached hydrogens (tertiary/aromatic N) is 3. The van der Waals surface area contributed by atoms with Crippen molar-refractivity contribution in [2.75, 3.05) is 0 Å². The first-order valence-electron chi connectivity index (χ1n) is 17.6. The molecule has 4 aromatic heterocycles. The van der Waals surface area contributed by atoms with Gasteiger partial charge in [0.25, 0.3) is 0 Å². The summed E-state index contributed by atoms with van der Waals surface area (Å²) >= 11 is 0. The lowest BCUT2D eigenvalue weighted by molar-refractivity contribution is 0.426. The van der Waals surface area contributed by atoms with Crippen LogP contribution >= 0.6 is 0 Å². The first kappa shape index (κ1) is 30.6.